The highest BCUT2D eigenvalue weighted by atomic mass is 32.1. The monoisotopic (exact) mass is 240 g/mol. The average molecular weight is 240 g/mol. The van der Waals surface area contributed by atoms with Crippen molar-refractivity contribution in [3.8, 4) is 0 Å². The summed E-state index contributed by atoms with van der Waals surface area (Å²) in [5.74, 6) is -1.40. The number of carboxylic acid groups (broad SMARTS) is 1. The minimum absolute atomic E-state index is 0.256. The Balaban J connectivity index is 2.63. The van der Waals surface area contributed by atoms with Crippen LogP contribution in [0.25, 0.3) is 0 Å². The summed E-state index contributed by atoms with van der Waals surface area (Å²) in [6.45, 7) is 5.64. The molecule has 0 fully saturated rings. The first-order chi connectivity index (χ1) is 7.54. The Kier molecular flexibility index (Phi) is 4.25. The lowest BCUT2D eigenvalue weighted by molar-refractivity contribution is -0.138. The van der Waals surface area contributed by atoms with Gasteiger partial charge in [0, 0.05) is 16.9 Å². The lowest BCUT2D eigenvalue weighted by Crippen LogP contribution is -2.08. The molecule has 5 heteroatoms. The maximum atomic E-state index is 11.3. The Hall–Kier alpha value is -1.62. The number of carboxylic acids is 1. The number of ether oxygens (including phenoxy) is 1. The molecule has 0 unspecified atom stereocenters. The average Bonchev–Trinajstić information content (AvgIpc) is 2.66. The lowest BCUT2D eigenvalue weighted by Gasteiger charge is -2.02. The van der Waals surface area contributed by atoms with Gasteiger partial charge in [0.25, 0.3) is 0 Å². The molecule has 1 aromatic rings. The fourth-order valence-corrected chi connectivity index (χ4v) is 1.99. The second kappa shape index (κ2) is 5.46. The molecule has 0 saturated heterocycles. The third-order valence-corrected chi connectivity index (χ3v) is 2.90. The van der Waals surface area contributed by atoms with E-state index in [1.807, 2.05) is 0 Å². The number of hydrogen-bond acceptors (Lipinski definition) is 4. The van der Waals surface area contributed by atoms with Crippen LogP contribution in [0, 0.1) is 0 Å². The van der Waals surface area contributed by atoms with E-state index in [2.05, 4.69) is 6.58 Å². The molecule has 0 amide bonds. The molecule has 4 nitrogen and oxygen atoms in total. The van der Waals surface area contributed by atoms with Gasteiger partial charge in [-0.1, -0.05) is 6.58 Å². The van der Waals surface area contributed by atoms with Crippen LogP contribution in [0.1, 0.15) is 21.5 Å². The molecule has 1 N–H and O–H groups in total. The molecule has 0 aliphatic carbocycles. The maximum Gasteiger partial charge on any atom is 0.345 e. The lowest BCUT2D eigenvalue weighted by atomic mass is 10.2. The van der Waals surface area contributed by atoms with E-state index in [-0.39, 0.29) is 4.88 Å². The van der Waals surface area contributed by atoms with Crippen molar-refractivity contribution < 1.29 is 19.4 Å². The standard InChI is InChI=1S/C11H12O4S/c1-3-15-11(14)7(2)6-8-4-5-9(16-8)10(12)13/h4-5H,2-3,6H2,1H3,(H,12,13). The third kappa shape index (κ3) is 3.20. The quantitative estimate of drug-likeness (QED) is 0.632. The molecule has 0 spiro atoms. The van der Waals surface area contributed by atoms with Crippen LogP contribution in [0.2, 0.25) is 0 Å². The Morgan fingerprint density at radius 2 is 2.19 bits per heavy atom. The largest absolute Gasteiger partial charge is 0.477 e. The zero-order valence-electron chi connectivity index (χ0n) is 8.86. The van der Waals surface area contributed by atoms with E-state index in [9.17, 15) is 9.59 Å². The minimum Gasteiger partial charge on any atom is -0.477 e. The van der Waals surface area contributed by atoms with Gasteiger partial charge >= 0.3 is 11.9 Å². The predicted molar refractivity (Wildman–Crippen MR) is 60.8 cm³/mol. The summed E-state index contributed by atoms with van der Waals surface area (Å²) in [6.07, 6.45) is 0.330. The van der Waals surface area contributed by atoms with Gasteiger partial charge in [0.15, 0.2) is 0 Å². The number of aromatic carboxylic acids is 1. The number of carbonyl (C=O) groups excluding carboxylic acids is 1. The maximum absolute atomic E-state index is 11.3. The second-order valence-electron chi connectivity index (χ2n) is 3.07. The van der Waals surface area contributed by atoms with Crippen LogP contribution >= 0.6 is 11.3 Å². The summed E-state index contributed by atoms with van der Waals surface area (Å²) < 4.78 is 4.78. The Morgan fingerprint density at radius 1 is 1.50 bits per heavy atom. The summed E-state index contributed by atoms with van der Waals surface area (Å²) in [5.41, 5.74) is 0.334. The van der Waals surface area contributed by atoms with Crippen molar-refractivity contribution >= 4 is 23.3 Å². The van der Waals surface area contributed by atoms with Crippen LogP contribution in [-0.4, -0.2) is 23.7 Å². The summed E-state index contributed by atoms with van der Waals surface area (Å²) in [6, 6.07) is 3.19. The Morgan fingerprint density at radius 3 is 2.69 bits per heavy atom. The van der Waals surface area contributed by atoms with E-state index in [1.165, 1.54) is 6.07 Å². The molecule has 0 saturated carbocycles. The van der Waals surface area contributed by atoms with Crippen molar-refractivity contribution in [2.45, 2.75) is 13.3 Å². The SMILES string of the molecule is C=C(Cc1ccc(C(=O)O)s1)C(=O)OCC. The summed E-state index contributed by atoms with van der Waals surface area (Å²) in [4.78, 5) is 22.9. The Bertz CT molecular complexity index is 419. The summed E-state index contributed by atoms with van der Waals surface area (Å²) in [7, 11) is 0. The van der Waals surface area contributed by atoms with Gasteiger partial charge in [0.2, 0.25) is 0 Å². The van der Waals surface area contributed by atoms with Gasteiger partial charge < -0.3 is 9.84 Å². The number of hydrogen-bond donors (Lipinski definition) is 1. The van der Waals surface area contributed by atoms with Crippen molar-refractivity contribution in [1.29, 1.82) is 0 Å². The van der Waals surface area contributed by atoms with Crippen molar-refractivity contribution in [2.75, 3.05) is 6.61 Å². The van der Waals surface area contributed by atoms with Crippen molar-refractivity contribution in [3.63, 3.8) is 0 Å². The van der Waals surface area contributed by atoms with Gasteiger partial charge in [-0.2, -0.15) is 0 Å². The van der Waals surface area contributed by atoms with Crippen molar-refractivity contribution in [2.24, 2.45) is 0 Å². The van der Waals surface area contributed by atoms with Gasteiger partial charge in [-0.3, -0.25) is 0 Å². The van der Waals surface area contributed by atoms with Crippen molar-refractivity contribution in [1.82, 2.24) is 0 Å². The molecule has 86 valence electrons. The molecule has 0 aliphatic rings. The summed E-state index contributed by atoms with van der Waals surface area (Å²) >= 11 is 1.14. The topological polar surface area (TPSA) is 63.6 Å². The third-order valence-electron chi connectivity index (χ3n) is 1.82. The number of rotatable bonds is 5. The predicted octanol–water partition coefficient (Wildman–Crippen LogP) is 2.11. The van der Waals surface area contributed by atoms with E-state index < -0.39 is 11.9 Å². The van der Waals surface area contributed by atoms with E-state index >= 15 is 0 Å². The van der Waals surface area contributed by atoms with Crippen molar-refractivity contribution in [3.05, 3.63) is 34.0 Å². The van der Waals surface area contributed by atoms with Crippen LogP contribution in [-0.2, 0) is 16.0 Å². The Labute approximate surface area is 97.2 Å². The molecule has 0 radical (unpaired) electrons. The molecule has 0 aromatic carbocycles. The molecule has 1 aromatic heterocycles. The van der Waals surface area contributed by atoms with E-state index in [0.717, 1.165) is 16.2 Å². The van der Waals surface area contributed by atoms with Crippen LogP contribution in [0.5, 0.6) is 0 Å². The highest BCUT2D eigenvalue weighted by molar-refractivity contribution is 7.13. The van der Waals surface area contributed by atoms with Gasteiger partial charge in [-0.25, -0.2) is 9.59 Å². The zero-order chi connectivity index (χ0) is 12.1. The first-order valence-electron chi connectivity index (χ1n) is 4.71. The van der Waals surface area contributed by atoms with Gasteiger partial charge in [0.05, 0.1) is 6.61 Å². The smallest absolute Gasteiger partial charge is 0.345 e. The molecule has 1 heterocycles. The molecule has 0 bridgehead atoms. The van der Waals surface area contributed by atoms with Gasteiger partial charge in [-0.15, -0.1) is 11.3 Å². The fraction of sp³-hybridized carbons (Fsp3) is 0.273. The first kappa shape index (κ1) is 12.4. The fourth-order valence-electron chi connectivity index (χ4n) is 1.10. The second-order valence-corrected chi connectivity index (χ2v) is 4.24. The molecule has 0 atom stereocenters. The van der Waals surface area contributed by atoms with E-state index in [1.54, 1.807) is 13.0 Å². The van der Waals surface area contributed by atoms with Crippen LogP contribution in [0.3, 0.4) is 0 Å². The van der Waals surface area contributed by atoms with E-state index in [0.29, 0.717) is 18.6 Å². The van der Waals surface area contributed by atoms with Gasteiger partial charge in [-0.05, 0) is 19.1 Å². The molecule has 16 heavy (non-hydrogen) atoms. The highest BCUT2D eigenvalue weighted by Crippen LogP contribution is 2.19. The van der Waals surface area contributed by atoms with Crippen LogP contribution < -0.4 is 0 Å². The van der Waals surface area contributed by atoms with Gasteiger partial charge in [0.1, 0.15) is 4.88 Å². The number of carbonyl (C=O) groups is 2. The number of thiophene rings is 1. The first-order valence-corrected chi connectivity index (χ1v) is 5.53. The normalized spacial score (nSPS) is 9.81. The molecule has 1 rings (SSSR count). The van der Waals surface area contributed by atoms with E-state index in [4.69, 9.17) is 9.84 Å². The summed E-state index contributed by atoms with van der Waals surface area (Å²) in [5, 5.41) is 8.72. The molecule has 0 aliphatic heterocycles. The highest BCUT2D eigenvalue weighted by Gasteiger charge is 2.12. The minimum atomic E-state index is -0.960. The van der Waals surface area contributed by atoms with Crippen LogP contribution in [0.4, 0.5) is 0 Å². The number of esters is 1. The van der Waals surface area contributed by atoms with Crippen LogP contribution in [0.15, 0.2) is 24.3 Å². The molecular formula is C11H12O4S. The molecular weight excluding hydrogens is 228 g/mol. The zero-order valence-corrected chi connectivity index (χ0v) is 9.67.